The third-order valence-electron chi connectivity index (χ3n) is 5.66. The molecule has 7 nitrogen and oxygen atoms in total. The highest BCUT2D eigenvalue weighted by atomic mass is 16.2. The van der Waals surface area contributed by atoms with Gasteiger partial charge in [0.2, 0.25) is 5.91 Å². The van der Waals surface area contributed by atoms with E-state index >= 15 is 0 Å². The maximum Gasteiger partial charge on any atom is 0.261 e. The molecule has 7 heteroatoms. The zero-order chi connectivity index (χ0) is 21.3. The highest BCUT2D eigenvalue weighted by Gasteiger charge is 2.17. The first-order valence-corrected chi connectivity index (χ1v) is 10.2. The first-order chi connectivity index (χ1) is 14.5. The van der Waals surface area contributed by atoms with Crippen LogP contribution in [0.25, 0.3) is 10.9 Å². The van der Waals surface area contributed by atoms with Gasteiger partial charge in [-0.2, -0.15) is 0 Å². The number of amides is 2. The van der Waals surface area contributed by atoms with E-state index in [1.54, 1.807) is 54.1 Å². The van der Waals surface area contributed by atoms with Gasteiger partial charge in [-0.15, -0.1) is 0 Å². The lowest BCUT2D eigenvalue weighted by molar-refractivity contribution is 0.0989. The van der Waals surface area contributed by atoms with Crippen LogP contribution in [0.1, 0.15) is 52.2 Å². The molecule has 2 amide bonds. The number of nitrogens with two attached hydrogens (primary N) is 1. The number of aryl methyl sites for hydroxylation is 1. The van der Waals surface area contributed by atoms with Gasteiger partial charge in [-0.25, -0.2) is 4.98 Å². The van der Waals surface area contributed by atoms with E-state index in [-0.39, 0.29) is 11.5 Å². The van der Waals surface area contributed by atoms with E-state index in [2.05, 4.69) is 0 Å². The number of rotatable bonds is 3. The van der Waals surface area contributed by atoms with Crippen LogP contribution in [0.15, 0.2) is 47.3 Å². The van der Waals surface area contributed by atoms with Gasteiger partial charge < -0.3 is 10.6 Å². The summed E-state index contributed by atoms with van der Waals surface area (Å²) in [6, 6.07) is 11.6. The first kappa shape index (κ1) is 19.8. The van der Waals surface area contributed by atoms with Crippen LogP contribution in [-0.4, -0.2) is 28.4 Å². The van der Waals surface area contributed by atoms with E-state index in [9.17, 15) is 14.4 Å². The zero-order valence-electron chi connectivity index (χ0n) is 16.9. The van der Waals surface area contributed by atoms with E-state index < -0.39 is 5.91 Å². The monoisotopic (exact) mass is 404 g/mol. The molecule has 1 aliphatic rings. The first-order valence-electron chi connectivity index (χ1n) is 10.2. The summed E-state index contributed by atoms with van der Waals surface area (Å²) in [5.41, 5.74) is 7.25. The van der Waals surface area contributed by atoms with Crippen LogP contribution >= 0.6 is 0 Å². The Balaban J connectivity index is 1.68. The summed E-state index contributed by atoms with van der Waals surface area (Å²) in [4.78, 5) is 43.4. The molecular formula is C23H24N4O3. The Morgan fingerprint density at radius 1 is 1.00 bits per heavy atom. The molecule has 2 heterocycles. The normalized spacial score (nSPS) is 13.9. The Kier molecular flexibility index (Phi) is 5.35. The van der Waals surface area contributed by atoms with Crippen molar-refractivity contribution in [1.82, 2.24) is 9.55 Å². The van der Waals surface area contributed by atoms with Gasteiger partial charge in [-0.05, 0) is 55.3 Å². The number of benzene rings is 2. The molecule has 0 aliphatic carbocycles. The topological polar surface area (TPSA) is 98.3 Å². The summed E-state index contributed by atoms with van der Waals surface area (Å²) in [5.74, 6) is 0.0572. The average Bonchev–Trinajstić information content (AvgIpc) is 2.74. The summed E-state index contributed by atoms with van der Waals surface area (Å²) >= 11 is 0. The van der Waals surface area contributed by atoms with Crippen molar-refractivity contribution in [3.8, 4) is 0 Å². The minimum atomic E-state index is -0.516. The molecule has 30 heavy (non-hydrogen) atoms. The molecule has 2 N–H and O–H groups in total. The number of carbonyl (C=O) groups is 2. The van der Waals surface area contributed by atoms with E-state index in [1.165, 1.54) is 4.90 Å². The fourth-order valence-electron chi connectivity index (χ4n) is 3.89. The fourth-order valence-corrected chi connectivity index (χ4v) is 3.89. The second-order valence-corrected chi connectivity index (χ2v) is 7.66. The van der Waals surface area contributed by atoms with Crippen LogP contribution in [0.3, 0.4) is 0 Å². The smallest absolute Gasteiger partial charge is 0.261 e. The molecule has 1 aromatic heterocycles. The van der Waals surface area contributed by atoms with Crippen LogP contribution < -0.4 is 16.2 Å². The predicted molar refractivity (Wildman–Crippen MR) is 116 cm³/mol. The van der Waals surface area contributed by atoms with Crippen molar-refractivity contribution < 1.29 is 9.59 Å². The lowest BCUT2D eigenvalue weighted by Gasteiger charge is -2.19. The second kappa shape index (κ2) is 8.10. The number of hydrogen-bond acceptors (Lipinski definition) is 4. The van der Waals surface area contributed by atoms with Gasteiger partial charge in [0.1, 0.15) is 5.82 Å². The number of carbonyl (C=O) groups excluding carboxylic acids is 2. The van der Waals surface area contributed by atoms with Crippen LogP contribution in [0.4, 0.5) is 5.69 Å². The predicted octanol–water partition coefficient (Wildman–Crippen LogP) is 2.89. The van der Waals surface area contributed by atoms with Crippen molar-refractivity contribution in [1.29, 1.82) is 0 Å². The SMILES string of the molecule is CN(C(=O)c1ccc2c(=O)n3c(nc2c1)CCCCCC3)c1ccc(C(N)=O)cc1. The highest BCUT2D eigenvalue weighted by Crippen LogP contribution is 2.20. The van der Waals surface area contributed by atoms with Crippen LogP contribution in [0, 0.1) is 0 Å². The molecule has 4 rings (SSSR count). The molecule has 0 bridgehead atoms. The van der Waals surface area contributed by atoms with Gasteiger partial charge in [0.05, 0.1) is 10.9 Å². The van der Waals surface area contributed by atoms with Gasteiger partial charge in [0.15, 0.2) is 0 Å². The Morgan fingerprint density at radius 2 is 1.70 bits per heavy atom. The lowest BCUT2D eigenvalue weighted by atomic mass is 10.1. The van der Waals surface area contributed by atoms with E-state index in [1.807, 2.05) is 0 Å². The summed E-state index contributed by atoms with van der Waals surface area (Å²) in [6.45, 7) is 0.696. The summed E-state index contributed by atoms with van der Waals surface area (Å²) in [6.07, 6.45) is 5.04. The zero-order valence-corrected chi connectivity index (χ0v) is 16.9. The second-order valence-electron chi connectivity index (χ2n) is 7.66. The maximum absolute atomic E-state index is 13.0. The van der Waals surface area contributed by atoms with Crippen molar-refractivity contribution >= 4 is 28.4 Å². The molecule has 0 unspecified atom stereocenters. The quantitative estimate of drug-likeness (QED) is 0.726. The highest BCUT2D eigenvalue weighted by molar-refractivity contribution is 6.07. The Morgan fingerprint density at radius 3 is 2.43 bits per heavy atom. The van der Waals surface area contributed by atoms with Gasteiger partial charge in [0, 0.05) is 36.8 Å². The molecule has 1 aliphatic heterocycles. The van der Waals surface area contributed by atoms with E-state index in [0.29, 0.717) is 34.3 Å². The molecule has 3 aromatic rings. The van der Waals surface area contributed by atoms with Gasteiger partial charge >= 0.3 is 0 Å². The number of nitrogens with zero attached hydrogens (tertiary/aromatic N) is 3. The molecule has 0 saturated carbocycles. The van der Waals surface area contributed by atoms with Gasteiger partial charge in [-0.3, -0.25) is 19.0 Å². The van der Waals surface area contributed by atoms with Crippen molar-refractivity contribution in [3.63, 3.8) is 0 Å². The van der Waals surface area contributed by atoms with Gasteiger partial charge in [0.25, 0.3) is 11.5 Å². The van der Waals surface area contributed by atoms with E-state index in [4.69, 9.17) is 10.7 Å². The minimum absolute atomic E-state index is 0.0358. The van der Waals surface area contributed by atoms with Crippen molar-refractivity contribution in [2.24, 2.45) is 5.73 Å². The minimum Gasteiger partial charge on any atom is -0.366 e. The van der Waals surface area contributed by atoms with Gasteiger partial charge in [-0.1, -0.05) is 12.8 Å². The molecule has 0 fully saturated rings. The average molecular weight is 404 g/mol. The molecule has 154 valence electrons. The van der Waals surface area contributed by atoms with E-state index in [0.717, 1.165) is 37.9 Å². The number of aromatic nitrogens is 2. The summed E-state index contributed by atoms with van der Waals surface area (Å²) < 4.78 is 1.79. The molecular weight excluding hydrogens is 380 g/mol. The third kappa shape index (κ3) is 3.70. The number of anilines is 1. The number of hydrogen-bond donors (Lipinski definition) is 1. The molecule has 0 atom stereocenters. The van der Waals surface area contributed by atoms with Crippen LogP contribution in [0.2, 0.25) is 0 Å². The Bertz CT molecular complexity index is 1180. The summed E-state index contributed by atoms with van der Waals surface area (Å²) in [5, 5.41) is 0.532. The molecule has 0 spiro atoms. The lowest BCUT2D eigenvalue weighted by Crippen LogP contribution is -2.28. The number of primary amides is 1. The van der Waals surface area contributed by atoms with Crippen molar-refractivity contribution in [2.75, 3.05) is 11.9 Å². The standard InChI is InChI=1S/C23H24N4O3/c1-26(17-10-7-15(8-11-17)21(24)28)22(29)16-9-12-18-19(14-16)25-20-6-4-2-3-5-13-27(20)23(18)30/h7-12,14H,2-6,13H2,1H3,(H2,24,28). The van der Waals surface area contributed by atoms with Crippen LogP contribution in [0.5, 0.6) is 0 Å². The van der Waals surface area contributed by atoms with Crippen molar-refractivity contribution in [3.05, 3.63) is 69.8 Å². The summed E-state index contributed by atoms with van der Waals surface area (Å²) in [7, 11) is 1.66. The maximum atomic E-state index is 13.0. The number of fused-ring (bicyclic) bond motifs is 2. The Labute approximate surface area is 174 Å². The van der Waals surface area contributed by atoms with Crippen LogP contribution in [-0.2, 0) is 13.0 Å². The molecule has 0 radical (unpaired) electrons. The van der Waals surface area contributed by atoms with Crippen molar-refractivity contribution in [2.45, 2.75) is 38.6 Å². The fraction of sp³-hybridized carbons (Fsp3) is 0.304. The third-order valence-corrected chi connectivity index (χ3v) is 5.66. The molecule has 2 aromatic carbocycles. The Hall–Kier alpha value is -3.48. The molecule has 0 saturated heterocycles. The largest absolute Gasteiger partial charge is 0.366 e.